The molecule has 0 aromatic heterocycles. The Labute approximate surface area is 107 Å². The van der Waals surface area contributed by atoms with Crippen molar-refractivity contribution < 1.29 is 4.79 Å². The highest BCUT2D eigenvalue weighted by Crippen LogP contribution is 2.43. The molecule has 0 bridgehead atoms. The van der Waals surface area contributed by atoms with Crippen molar-refractivity contribution in [3.05, 3.63) is 0 Å². The van der Waals surface area contributed by atoms with E-state index >= 15 is 0 Å². The van der Waals surface area contributed by atoms with E-state index in [1.807, 2.05) is 0 Å². The van der Waals surface area contributed by atoms with Gasteiger partial charge in [-0.15, -0.1) is 0 Å². The molecule has 2 fully saturated rings. The predicted molar refractivity (Wildman–Crippen MR) is 69.7 cm³/mol. The maximum absolute atomic E-state index is 12.4. The Kier molecular flexibility index (Phi) is 3.62. The van der Waals surface area contributed by atoms with Gasteiger partial charge in [0.2, 0.25) is 5.91 Å². The summed E-state index contributed by atoms with van der Waals surface area (Å²) in [5, 5.41) is 4.24. The first-order valence-corrected chi connectivity index (χ1v) is 7.67. The summed E-state index contributed by atoms with van der Waals surface area (Å²) in [6, 6.07) is 0. The summed E-state index contributed by atoms with van der Waals surface area (Å²) in [6.07, 6.45) is 9.17. The normalized spacial score (nSPS) is 26.1. The fourth-order valence-corrected chi connectivity index (χ4v) is 3.76. The summed E-state index contributed by atoms with van der Waals surface area (Å²) in [5.41, 5.74) is 0.0482. The molecule has 1 amide bonds. The number of halogens is 1. The molecular formula is C13H22BrNO. The quantitative estimate of drug-likeness (QED) is 0.789. The molecule has 0 aromatic carbocycles. The van der Waals surface area contributed by atoms with Crippen molar-refractivity contribution in [2.24, 2.45) is 5.41 Å². The van der Waals surface area contributed by atoms with Crippen molar-refractivity contribution in [2.45, 2.75) is 63.8 Å². The second-order valence-corrected chi connectivity index (χ2v) is 6.12. The first-order chi connectivity index (χ1) is 7.66. The van der Waals surface area contributed by atoms with E-state index in [4.69, 9.17) is 0 Å². The number of alkyl halides is 1. The van der Waals surface area contributed by atoms with Gasteiger partial charge in [-0.2, -0.15) is 0 Å². The van der Waals surface area contributed by atoms with Crippen LogP contribution in [-0.2, 0) is 4.79 Å². The summed E-state index contributed by atoms with van der Waals surface area (Å²) in [4.78, 5) is 12.4. The van der Waals surface area contributed by atoms with Crippen molar-refractivity contribution in [1.29, 1.82) is 0 Å². The van der Waals surface area contributed by atoms with E-state index in [0.29, 0.717) is 5.91 Å². The van der Waals surface area contributed by atoms with Crippen molar-refractivity contribution in [2.75, 3.05) is 5.33 Å². The second kappa shape index (κ2) is 4.67. The second-order valence-electron chi connectivity index (χ2n) is 5.56. The van der Waals surface area contributed by atoms with Crippen LogP contribution in [0, 0.1) is 5.41 Å². The maximum atomic E-state index is 12.4. The molecule has 0 unspecified atom stereocenters. The monoisotopic (exact) mass is 287 g/mol. The molecule has 16 heavy (non-hydrogen) atoms. The van der Waals surface area contributed by atoms with Crippen LogP contribution >= 0.6 is 15.9 Å². The molecule has 0 radical (unpaired) electrons. The smallest absolute Gasteiger partial charge is 0.226 e. The number of hydrogen-bond acceptors (Lipinski definition) is 1. The van der Waals surface area contributed by atoms with Crippen LogP contribution in [0.25, 0.3) is 0 Å². The summed E-state index contributed by atoms with van der Waals surface area (Å²) in [5.74, 6) is 0.326. The molecule has 0 saturated heterocycles. The van der Waals surface area contributed by atoms with Gasteiger partial charge in [0.05, 0.1) is 0 Å². The van der Waals surface area contributed by atoms with Crippen LogP contribution < -0.4 is 5.32 Å². The summed E-state index contributed by atoms with van der Waals surface area (Å²) >= 11 is 3.55. The molecule has 1 N–H and O–H groups in total. The van der Waals surface area contributed by atoms with Gasteiger partial charge in [0.1, 0.15) is 0 Å². The standard InChI is InChI=1S/C13H22BrNO/c1-2-12(6-3-4-7-12)11(16)15-13(10-14)8-5-9-13/h2-10H2,1H3,(H,15,16). The molecule has 2 rings (SSSR count). The SMILES string of the molecule is CCC1(C(=O)NC2(CBr)CCC2)CCCC1. The van der Waals surface area contributed by atoms with Crippen LogP contribution in [0.5, 0.6) is 0 Å². The maximum Gasteiger partial charge on any atom is 0.226 e. The van der Waals surface area contributed by atoms with Crippen molar-refractivity contribution in [1.82, 2.24) is 5.32 Å². The molecule has 2 aliphatic carbocycles. The molecule has 3 heteroatoms. The van der Waals surface area contributed by atoms with E-state index in [2.05, 4.69) is 28.2 Å². The van der Waals surface area contributed by atoms with E-state index in [1.165, 1.54) is 19.3 Å². The lowest BCUT2D eigenvalue weighted by molar-refractivity contribution is -0.133. The number of amides is 1. The highest BCUT2D eigenvalue weighted by atomic mass is 79.9. The van der Waals surface area contributed by atoms with E-state index < -0.39 is 0 Å². The van der Waals surface area contributed by atoms with Gasteiger partial charge in [-0.05, 0) is 38.5 Å². The van der Waals surface area contributed by atoms with Gasteiger partial charge >= 0.3 is 0 Å². The Balaban J connectivity index is 2.01. The minimum absolute atomic E-state index is 0.0369. The van der Waals surface area contributed by atoms with Gasteiger partial charge in [-0.1, -0.05) is 35.7 Å². The molecular weight excluding hydrogens is 266 g/mol. The molecule has 2 aliphatic rings. The molecule has 0 aromatic rings. The summed E-state index contributed by atoms with van der Waals surface area (Å²) < 4.78 is 0. The van der Waals surface area contributed by atoms with E-state index in [-0.39, 0.29) is 11.0 Å². The lowest BCUT2D eigenvalue weighted by Crippen LogP contribution is -2.58. The zero-order valence-electron chi connectivity index (χ0n) is 10.2. The zero-order chi connectivity index (χ0) is 11.6. The molecule has 2 nitrogen and oxygen atoms in total. The average molecular weight is 288 g/mol. The number of rotatable bonds is 4. The Morgan fingerprint density at radius 3 is 2.19 bits per heavy atom. The third-order valence-corrected chi connectivity index (χ3v) is 5.74. The van der Waals surface area contributed by atoms with Crippen LogP contribution in [0.1, 0.15) is 58.3 Å². The summed E-state index contributed by atoms with van der Waals surface area (Å²) in [6.45, 7) is 2.16. The predicted octanol–water partition coefficient (Wildman–Crippen LogP) is 3.39. The van der Waals surface area contributed by atoms with Crippen molar-refractivity contribution >= 4 is 21.8 Å². The third kappa shape index (κ3) is 2.03. The topological polar surface area (TPSA) is 29.1 Å². The zero-order valence-corrected chi connectivity index (χ0v) is 11.7. The fraction of sp³-hybridized carbons (Fsp3) is 0.923. The average Bonchev–Trinajstić information content (AvgIpc) is 2.73. The molecule has 0 atom stereocenters. The minimum Gasteiger partial charge on any atom is -0.349 e. The number of carbonyl (C=O) groups is 1. The van der Waals surface area contributed by atoms with Crippen molar-refractivity contribution in [3.8, 4) is 0 Å². The Morgan fingerprint density at radius 2 is 1.81 bits per heavy atom. The van der Waals surface area contributed by atoms with Crippen molar-refractivity contribution in [3.63, 3.8) is 0 Å². The van der Waals surface area contributed by atoms with Gasteiger partial charge in [-0.25, -0.2) is 0 Å². The van der Waals surface area contributed by atoms with Crippen LogP contribution in [0.2, 0.25) is 0 Å². The largest absolute Gasteiger partial charge is 0.349 e. The minimum atomic E-state index is -0.0369. The van der Waals surface area contributed by atoms with Crippen LogP contribution in [0.15, 0.2) is 0 Å². The first-order valence-electron chi connectivity index (χ1n) is 6.55. The van der Waals surface area contributed by atoms with Crippen LogP contribution in [-0.4, -0.2) is 16.8 Å². The van der Waals surface area contributed by atoms with E-state index in [0.717, 1.165) is 37.4 Å². The lowest BCUT2D eigenvalue weighted by atomic mass is 9.76. The van der Waals surface area contributed by atoms with Gasteiger partial charge < -0.3 is 5.32 Å². The Bertz CT molecular complexity index is 262. The molecule has 0 spiro atoms. The van der Waals surface area contributed by atoms with Gasteiger partial charge in [0.25, 0.3) is 0 Å². The van der Waals surface area contributed by atoms with Crippen LogP contribution in [0.4, 0.5) is 0 Å². The van der Waals surface area contributed by atoms with Crippen LogP contribution in [0.3, 0.4) is 0 Å². The molecule has 92 valence electrons. The molecule has 2 saturated carbocycles. The van der Waals surface area contributed by atoms with E-state index in [9.17, 15) is 4.79 Å². The number of carbonyl (C=O) groups excluding carboxylic acids is 1. The third-order valence-electron chi connectivity index (χ3n) is 4.66. The summed E-state index contributed by atoms with van der Waals surface area (Å²) in [7, 11) is 0. The highest BCUT2D eigenvalue weighted by molar-refractivity contribution is 9.09. The number of hydrogen-bond donors (Lipinski definition) is 1. The van der Waals surface area contributed by atoms with E-state index in [1.54, 1.807) is 0 Å². The highest BCUT2D eigenvalue weighted by Gasteiger charge is 2.44. The first kappa shape index (κ1) is 12.4. The molecule has 0 aliphatic heterocycles. The number of nitrogens with one attached hydrogen (secondary N) is 1. The molecule has 0 heterocycles. The fourth-order valence-electron chi connectivity index (χ4n) is 3.06. The van der Waals surface area contributed by atoms with Gasteiger partial charge in [0, 0.05) is 16.3 Å². The Morgan fingerprint density at radius 1 is 1.19 bits per heavy atom. The Hall–Kier alpha value is -0.0500. The van der Waals surface area contributed by atoms with Gasteiger partial charge in [-0.3, -0.25) is 4.79 Å². The van der Waals surface area contributed by atoms with Gasteiger partial charge in [0.15, 0.2) is 0 Å². The lowest BCUT2D eigenvalue weighted by Gasteiger charge is -2.43.